The van der Waals surface area contributed by atoms with Gasteiger partial charge in [0.1, 0.15) is 0 Å². The summed E-state index contributed by atoms with van der Waals surface area (Å²) in [6.07, 6.45) is 0.967. The fourth-order valence-corrected chi connectivity index (χ4v) is 2.15. The number of hydrogen-bond acceptors (Lipinski definition) is 3. The maximum atomic E-state index is 8.75. The molecule has 0 spiro atoms. The van der Waals surface area contributed by atoms with Crippen LogP contribution in [0.2, 0.25) is 0 Å². The molecule has 1 unspecified atom stereocenters. The second kappa shape index (κ2) is 4.43. The van der Waals surface area contributed by atoms with Gasteiger partial charge in [-0.05, 0) is 17.5 Å². The zero-order chi connectivity index (χ0) is 10.7. The van der Waals surface area contributed by atoms with Crippen LogP contribution in [0, 0.1) is 11.3 Å². The molecule has 1 atom stereocenters. The van der Waals surface area contributed by atoms with Gasteiger partial charge in [0.25, 0.3) is 0 Å². The average Bonchev–Trinajstić information content (AvgIpc) is 2.28. The molecule has 0 bridgehead atoms. The predicted molar refractivity (Wildman–Crippen MR) is 59.0 cm³/mol. The molecule has 1 aliphatic rings. The maximum absolute atomic E-state index is 8.75. The van der Waals surface area contributed by atoms with E-state index in [1.165, 1.54) is 11.1 Å². The normalized spacial score (nSPS) is 20.7. The first-order valence-corrected chi connectivity index (χ1v) is 5.23. The summed E-state index contributed by atoms with van der Waals surface area (Å²) in [5.74, 6) is 0. The second-order valence-corrected chi connectivity index (χ2v) is 3.93. The first-order valence-electron chi connectivity index (χ1n) is 5.23. The summed E-state index contributed by atoms with van der Waals surface area (Å²) in [6, 6.07) is 10.9. The third-order valence-electron chi connectivity index (χ3n) is 3.01. The lowest BCUT2D eigenvalue weighted by Crippen LogP contribution is -2.44. The molecule has 1 heterocycles. The number of nitrogens with zero attached hydrogens (tertiary/aromatic N) is 2. The predicted octanol–water partition coefficient (Wildman–Crippen LogP) is 0.896. The van der Waals surface area contributed by atoms with E-state index in [0.29, 0.717) is 19.1 Å². The fraction of sp³-hybridized carbons (Fsp3) is 0.417. The van der Waals surface area contributed by atoms with Crippen molar-refractivity contribution in [3.63, 3.8) is 0 Å². The van der Waals surface area contributed by atoms with Gasteiger partial charge < -0.3 is 5.73 Å². The molecule has 78 valence electrons. The van der Waals surface area contributed by atoms with Crippen molar-refractivity contribution < 1.29 is 0 Å². The molecular formula is C12H15N3. The van der Waals surface area contributed by atoms with Crippen molar-refractivity contribution in [1.82, 2.24) is 4.90 Å². The Balaban J connectivity index is 2.23. The summed E-state index contributed by atoms with van der Waals surface area (Å²) in [5, 5.41) is 8.75. The number of nitriles is 1. The Bertz CT molecular complexity index is 381. The standard InChI is InChI=1S/C12H15N3/c13-5-6-15-9-11-4-2-1-3-10(11)7-12(15)8-14/h1-4,12H,6-9,14H2. The zero-order valence-corrected chi connectivity index (χ0v) is 8.69. The largest absolute Gasteiger partial charge is 0.329 e. The van der Waals surface area contributed by atoms with Crippen molar-refractivity contribution in [3.8, 4) is 6.07 Å². The molecule has 3 nitrogen and oxygen atoms in total. The van der Waals surface area contributed by atoms with E-state index in [2.05, 4.69) is 29.2 Å². The molecule has 0 aliphatic carbocycles. The molecule has 3 heteroatoms. The summed E-state index contributed by atoms with van der Waals surface area (Å²) in [5.41, 5.74) is 8.44. The summed E-state index contributed by atoms with van der Waals surface area (Å²) in [4.78, 5) is 2.16. The highest BCUT2D eigenvalue weighted by Gasteiger charge is 2.24. The van der Waals surface area contributed by atoms with Crippen LogP contribution in [-0.2, 0) is 13.0 Å². The molecule has 1 aliphatic heterocycles. The van der Waals surface area contributed by atoms with Crippen LogP contribution in [0.1, 0.15) is 11.1 Å². The average molecular weight is 201 g/mol. The summed E-state index contributed by atoms with van der Waals surface area (Å²) in [6.45, 7) is 1.94. The lowest BCUT2D eigenvalue weighted by Gasteiger charge is -2.34. The van der Waals surface area contributed by atoms with E-state index in [1.54, 1.807) is 0 Å². The zero-order valence-electron chi connectivity index (χ0n) is 8.69. The number of benzene rings is 1. The fourth-order valence-electron chi connectivity index (χ4n) is 2.15. The van der Waals surface area contributed by atoms with Crippen molar-refractivity contribution in [2.75, 3.05) is 13.1 Å². The Hall–Kier alpha value is -1.37. The van der Waals surface area contributed by atoms with Crippen molar-refractivity contribution in [3.05, 3.63) is 35.4 Å². The van der Waals surface area contributed by atoms with Crippen molar-refractivity contribution in [2.45, 2.75) is 19.0 Å². The first-order chi connectivity index (χ1) is 7.35. The van der Waals surface area contributed by atoms with Gasteiger partial charge in [-0.1, -0.05) is 24.3 Å². The number of rotatable bonds is 2. The Morgan fingerprint density at radius 3 is 2.80 bits per heavy atom. The SMILES string of the molecule is N#CCN1Cc2ccccc2CC1CN. The third kappa shape index (κ3) is 2.01. The van der Waals surface area contributed by atoms with Crippen LogP contribution in [0.25, 0.3) is 0 Å². The maximum Gasteiger partial charge on any atom is 0.0871 e. The molecular weight excluding hydrogens is 186 g/mol. The van der Waals surface area contributed by atoms with Gasteiger partial charge >= 0.3 is 0 Å². The molecule has 1 aromatic rings. The van der Waals surface area contributed by atoms with Crippen LogP contribution in [-0.4, -0.2) is 24.0 Å². The van der Waals surface area contributed by atoms with Gasteiger partial charge in [-0.2, -0.15) is 5.26 Å². The van der Waals surface area contributed by atoms with Gasteiger partial charge in [-0.3, -0.25) is 4.90 Å². The first kappa shape index (κ1) is 10.2. The number of hydrogen-bond donors (Lipinski definition) is 1. The molecule has 15 heavy (non-hydrogen) atoms. The highest BCUT2D eigenvalue weighted by Crippen LogP contribution is 2.22. The lowest BCUT2D eigenvalue weighted by atomic mass is 9.94. The van der Waals surface area contributed by atoms with Gasteiger partial charge in [0, 0.05) is 19.1 Å². The second-order valence-electron chi connectivity index (χ2n) is 3.93. The third-order valence-corrected chi connectivity index (χ3v) is 3.01. The molecule has 0 saturated carbocycles. The Morgan fingerprint density at radius 2 is 2.13 bits per heavy atom. The molecule has 0 saturated heterocycles. The van der Waals surface area contributed by atoms with Crippen LogP contribution in [0.5, 0.6) is 0 Å². The van der Waals surface area contributed by atoms with E-state index < -0.39 is 0 Å². The minimum absolute atomic E-state index is 0.319. The lowest BCUT2D eigenvalue weighted by molar-refractivity contribution is 0.199. The quantitative estimate of drug-likeness (QED) is 0.723. The Labute approximate surface area is 90.1 Å². The van der Waals surface area contributed by atoms with E-state index in [9.17, 15) is 0 Å². The smallest absolute Gasteiger partial charge is 0.0871 e. The molecule has 2 N–H and O–H groups in total. The minimum Gasteiger partial charge on any atom is -0.329 e. The van der Waals surface area contributed by atoms with E-state index in [-0.39, 0.29) is 0 Å². The summed E-state index contributed by atoms with van der Waals surface area (Å²) >= 11 is 0. The minimum atomic E-state index is 0.319. The molecule has 0 fully saturated rings. The molecule has 0 radical (unpaired) electrons. The van der Waals surface area contributed by atoms with E-state index in [4.69, 9.17) is 11.0 Å². The molecule has 0 amide bonds. The Kier molecular flexibility index (Phi) is 3.00. The molecule has 2 rings (SSSR count). The van der Waals surface area contributed by atoms with E-state index in [1.807, 2.05) is 6.07 Å². The summed E-state index contributed by atoms with van der Waals surface area (Å²) in [7, 11) is 0. The van der Waals surface area contributed by atoms with Crippen LogP contribution in [0.3, 0.4) is 0 Å². The highest BCUT2D eigenvalue weighted by atomic mass is 15.2. The van der Waals surface area contributed by atoms with Crippen LogP contribution >= 0.6 is 0 Å². The van der Waals surface area contributed by atoms with Crippen molar-refractivity contribution in [1.29, 1.82) is 5.26 Å². The molecule has 0 aromatic heterocycles. The van der Waals surface area contributed by atoms with Crippen molar-refractivity contribution in [2.24, 2.45) is 5.73 Å². The summed E-state index contributed by atoms with van der Waals surface area (Å²) < 4.78 is 0. The number of nitrogens with two attached hydrogens (primary N) is 1. The Morgan fingerprint density at radius 1 is 1.40 bits per heavy atom. The van der Waals surface area contributed by atoms with E-state index in [0.717, 1.165) is 13.0 Å². The number of fused-ring (bicyclic) bond motifs is 1. The van der Waals surface area contributed by atoms with Gasteiger partial charge in [-0.25, -0.2) is 0 Å². The molecule has 1 aromatic carbocycles. The van der Waals surface area contributed by atoms with Gasteiger partial charge in [0.15, 0.2) is 0 Å². The van der Waals surface area contributed by atoms with Gasteiger partial charge in [0.05, 0.1) is 12.6 Å². The van der Waals surface area contributed by atoms with Gasteiger partial charge in [-0.15, -0.1) is 0 Å². The highest BCUT2D eigenvalue weighted by molar-refractivity contribution is 5.30. The van der Waals surface area contributed by atoms with Crippen LogP contribution in [0.4, 0.5) is 0 Å². The van der Waals surface area contributed by atoms with Gasteiger partial charge in [0.2, 0.25) is 0 Å². The topological polar surface area (TPSA) is 53.0 Å². The van der Waals surface area contributed by atoms with Crippen LogP contribution in [0.15, 0.2) is 24.3 Å². The van der Waals surface area contributed by atoms with Crippen molar-refractivity contribution >= 4 is 0 Å². The van der Waals surface area contributed by atoms with Crippen LogP contribution < -0.4 is 5.73 Å². The monoisotopic (exact) mass is 201 g/mol. The van der Waals surface area contributed by atoms with E-state index >= 15 is 0 Å².